The van der Waals surface area contributed by atoms with Crippen LogP contribution in [0.1, 0.15) is 35.9 Å². The molecule has 0 unspecified atom stereocenters. The summed E-state index contributed by atoms with van der Waals surface area (Å²) in [6.45, 7) is 5.25. The number of methoxy groups -OCH3 is 1. The third-order valence-corrected chi connectivity index (χ3v) is 1.45. The zero-order chi connectivity index (χ0) is 15.2. The van der Waals surface area contributed by atoms with Crippen LogP contribution in [0.5, 0.6) is 5.75 Å². The molecule has 1 heteroatoms. The van der Waals surface area contributed by atoms with Crippen LogP contribution in [-0.4, -0.2) is 7.04 Å². The Morgan fingerprint density at radius 3 is 2.75 bits per heavy atom. The van der Waals surface area contributed by atoms with E-state index in [1.165, 1.54) is 0 Å². The number of ether oxygens (including phenoxy) is 1. The second-order valence-corrected chi connectivity index (χ2v) is 3.56. The van der Waals surface area contributed by atoms with Gasteiger partial charge in [-0.2, -0.15) is 0 Å². The van der Waals surface area contributed by atoms with Gasteiger partial charge in [-0.25, -0.2) is 0 Å². The van der Waals surface area contributed by atoms with Crippen LogP contribution in [0.25, 0.3) is 0 Å². The zero-order valence-electron chi connectivity index (χ0n) is 14.4. The van der Waals surface area contributed by atoms with Gasteiger partial charge < -0.3 is 4.74 Å². The highest BCUT2D eigenvalue weighted by atomic mass is 16.5. The van der Waals surface area contributed by atoms with Crippen LogP contribution < -0.4 is 4.74 Å². The van der Waals surface area contributed by atoms with Crippen LogP contribution >= 0.6 is 0 Å². The van der Waals surface area contributed by atoms with E-state index in [0.717, 1.165) is 0 Å². The van der Waals surface area contributed by atoms with Gasteiger partial charge in [-0.3, -0.25) is 0 Å². The van der Waals surface area contributed by atoms with Crippen molar-refractivity contribution in [2.45, 2.75) is 26.2 Å². The molecule has 12 heavy (non-hydrogen) atoms. The van der Waals surface area contributed by atoms with Crippen molar-refractivity contribution in [3.8, 4) is 5.75 Å². The van der Waals surface area contributed by atoms with E-state index >= 15 is 0 Å². The van der Waals surface area contributed by atoms with E-state index in [4.69, 9.17) is 9.60 Å². The van der Waals surface area contributed by atoms with E-state index in [0.29, 0.717) is 0 Å². The summed E-state index contributed by atoms with van der Waals surface area (Å²) < 4.78 is 56.9. The fraction of sp³-hybridized carbons (Fsp3) is 0.455. The molecule has 0 spiro atoms. The second-order valence-electron chi connectivity index (χ2n) is 3.56. The SMILES string of the molecule is [2H]c1c([2H])c(OC([2H])([2H])[2H])c([2H])c(C(C)(C)C)c1[2H]. The van der Waals surface area contributed by atoms with Crippen molar-refractivity contribution in [3.63, 3.8) is 0 Å². The standard InChI is InChI=1S/C11H16O/c1-11(2,3)9-6-5-7-10(8-9)12-4/h5-8H,1-4H3/i4D3,5D,6D,7D,8D. The molecule has 0 aliphatic rings. The Labute approximate surface area is 84.2 Å². The quantitative estimate of drug-likeness (QED) is 0.631. The largest absolute Gasteiger partial charge is 0.497 e. The van der Waals surface area contributed by atoms with Crippen molar-refractivity contribution in [3.05, 3.63) is 29.7 Å². The van der Waals surface area contributed by atoms with Crippen molar-refractivity contribution in [2.75, 3.05) is 7.04 Å². The molecule has 0 fully saturated rings. The first-order valence-corrected chi connectivity index (χ1v) is 3.66. The van der Waals surface area contributed by atoms with Gasteiger partial charge in [-0.15, -0.1) is 0 Å². The molecular formula is C11H16O. The molecule has 0 heterocycles. The van der Waals surface area contributed by atoms with Crippen LogP contribution in [0.15, 0.2) is 24.2 Å². The summed E-state index contributed by atoms with van der Waals surface area (Å²) in [5.41, 5.74) is -0.419. The van der Waals surface area contributed by atoms with Gasteiger partial charge in [0.05, 0.1) is 16.6 Å². The lowest BCUT2D eigenvalue weighted by Crippen LogP contribution is -2.10. The third kappa shape index (κ3) is 2.00. The first-order chi connectivity index (χ1) is 8.36. The summed E-state index contributed by atoms with van der Waals surface area (Å²) in [6, 6.07) is -1.52. The summed E-state index contributed by atoms with van der Waals surface area (Å²) in [5, 5.41) is 0. The fourth-order valence-electron chi connectivity index (χ4n) is 0.753. The predicted molar refractivity (Wildman–Crippen MR) is 51.7 cm³/mol. The lowest BCUT2D eigenvalue weighted by Gasteiger charge is -2.19. The Morgan fingerprint density at radius 2 is 2.17 bits per heavy atom. The molecular weight excluding hydrogens is 148 g/mol. The summed E-state index contributed by atoms with van der Waals surface area (Å²) in [4.78, 5) is 0. The molecule has 0 radical (unpaired) electrons. The average Bonchev–Trinajstić information content (AvgIpc) is 2.18. The molecule has 0 amide bonds. The highest BCUT2D eigenvalue weighted by molar-refractivity contribution is 5.32. The number of benzene rings is 1. The molecule has 1 aromatic carbocycles. The van der Waals surface area contributed by atoms with Crippen molar-refractivity contribution >= 4 is 0 Å². The predicted octanol–water partition coefficient (Wildman–Crippen LogP) is 2.99. The molecule has 1 rings (SSSR count). The molecule has 1 aromatic rings. The lowest BCUT2D eigenvalue weighted by atomic mass is 9.87. The summed E-state index contributed by atoms with van der Waals surface area (Å²) >= 11 is 0. The average molecular weight is 171 g/mol. The van der Waals surface area contributed by atoms with Gasteiger partial charge in [-0.05, 0) is 23.1 Å². The van der Waals surface area contributed by atoms with Gasteiger partial charge in [0.2, 0.25) is 0 Å². The van der Waals surface area contributed by atoms with E-state index in [2.05, 4.69) is 4.74 Å². The molecule has 0 bridgehead atoms. The maximum atomic E-state index is 7.96. The van der Waals surface area contributed by atoms with E-state index in [1.807, 2.05) is 0 Å². The number of hydrogen-bond acceptors (Lipinski definition) is 1. The van der Waals surface area contributed by atoms with Crippen molar-refractivity contribution < 1.29 is 14.3 Å². The normalized spacial score (nSPS) is 20.8. The van der Waals surface area contributed by atoms with Crippen LogP contribution in [0, 0.1) is 0 Å². The molecule has 0 aliphatic carbocycles. The maximum absolute atomic E-state index is 7.96. The first-order valence-electron chi connectivity index (χ1n) is 7.16. The maximum Gasteiger partial charge on any atom is 0.119 e. The Bertz CT molecular complexity index is 499. The number of rotatable bonds is 1. The minimum absolute atomic E-state index is 0.202. The molecule has 0 aliphatic heterocycles. The molecule has 66 valence electrons. The van der Waals surface area contributed by atoms with E-state index in [1.54, 1.807) is 20.8 Å². The van der Waals surface area contributed by atoms with Crippen LogP contribution in [0.2, 0.25) is 0 Å². The van der Waals surface area contributed by atoms with Crippen molar-refractivity contribution in [1.29, 1.82) is 0 Å². The molecule has 0 N–H and O–H groups in total. The summed E-state index contributed by atoms with van der Waals surface area (Å²) in [7, 11) is -2.79. The topological polar surface area (TPSA) is 9.23 Å². The highest BCUT2D eigenvalue weighted by Crippen LogP contribution is 2.25. The second kappa shape index (κ2) is 3.18. The van der Waals surface area contributed by atoms with Gasteiger partial charge in [0.1, 0.15) is 5.75 Å². The van der Waals surface area contributed by atoms with Crippen LogP contribution in [0.4, 0.5) is 0 Å². The Balaban J connectivity index is 3.62. The summed E-state index contributed by atoms with van der Waals surface area (Å²) in [5.74, 6) is -0.467. The Hall–Kier alpha value is -0.980. The van der Waals surface area contributed by atoms with Crippen molar-refractivity contribution in [2.24, 2.45) is 0 Å². The zero-order valence-corrected chi connectivity index (χ0v) is 7.41. The van der Waals surface area contributed by atoms with Gasteiger partial charge in [0.15, 0.2) is 0 Å². The fourth-order valence-corrected chi connectivity index (χ4v) is 0.753. The van der Waals surface area contributed by atoms with Gasteiger partial charge >= 0.3 is 0 Å². The minimum Gasteiger partial charge on any atom is -0.497 e. The monoisotopic (exact) mass is 171 g/mol. The Morgan fingerprint density at radius 1 is 1.42 bits per heavy atom. The summed E-state index contributed by atoms with van der Waals surface area (Å²) in [6.07, 6.45) is 0. The van der Waals surface area contributed by atoms with E-state index in [-0.39, 0.29) is 17.6 Å². The van der Waals surface area contributed by atoms with Gasteiger partial charge in [-0.1, -0.05) is 32.9 Å². The molecule has 1 nitrogen and oxygen atoms in total. The van der Waals surface area contributed by atoms with Gasteiger partial charge in [0, 0.05) is 0 Å². The van der Waals surface area contributed by atoms with E-state index < -0.39 is 30.3 Å². The van der Waals surface area contributed by atoms with Crippen molar-refractivity contribution in [1.82, 2.24) is 0 Å². The lowest BCUT2D eigenvalue weighted by molar-refractivity contribution is 0.412. The Kier molecular flexibility index (Phi) is 0.902. The van der Waals surface area contributed by atoms with Crippen LogP contribution in [0.3, 0.4) is 0 Å². The smallest absolute Gasteiger partial charge is 0.119 e. The molecule has 0 saturated carbocycles. The van der Waals surface area contributed by atoms with E-state index in [9.17, 15) is 0 Å². The first kappa shape index (κ1) is 3.41. The number of hydrogen-bond donors (Lipinski definition) is 0. The third-order valence-electron chi connectivity index (χ3n) is 1.45. The molecule has 0 saturated heterocycles. The van der Waals surface area contributed by atoms with Gasteiger partial charge in [0.25, 0.3) is 0 Å². The molecule has 0 atom stereocenters. The minimum atomic E-state index is -2.79. The molecule has 0 aromatic heterocycles. The van der Waals surface area contributed by atoms with Crippen LogP contribution in [-0.2, 0) is 5.41 Å². The highest BCUT2D eigenvalue weighted by Gasteiger charge is 2.13.